The molecule has 0 saturated carbocycles. The number of hydrogen-bond donors (Lipinski definition) is 2. The van der Waals surface area contributed by atoms with Crippen molar-refractivity contribution in [2.24, 2.45) is 0 Å². The summed E-state index contributed by atoms with van der Waals surface area (Å²) in [6.07, 6.45) is -3.28. The summed E-state index contributed by atoms with van der Waals surface area (Å²) in [6, 6.07) is 2.32. The summed E-state index contributed by atoms with van der Waals surface area (Å²) in [7, 11) is 0. The molecule has 1 heterocycles. The van der Waals surface area contributed by atoms with E-state index in [4.69, 9.17) is 0 Å². The number of rotatable bonds is 4. The molecule has 1 aromatic heterocycles. The molecule has 0 amide bonds. The third-order valence-corrected chi connectivity index (χ3v) is 2.82. The van der Waals surface area contributed by atoms with Crippen molar-refractivity contribution in [3.63, 3.8) is 0 Å². The molecule has 0 aliphatic rings. The SMILES string of the molecule is CC(NCc1ccc(F)cc1C(F)(F)F)c1ncn[nH]1. The summed E-state index contributed by atoms with van der Waals surface area (Å²) in [6.45, 7) is 1.67. The van der Waals surface area contributed by atoms with Gasteiger partial charge < -0.3 is 5.32 Å². The van der Waals surface area contributed by atoms with Gasteiger partial charge >= 0.3 is 6.18 Å². The van der Waals surface area contributed by atoms with E-state index in [9.17, 15) is 17.6 Å². The van der Waals surface area contributed by atoms with Crippen molar-refractivity contribution in [3.8, 4) is 0 Å². The topological polar surface area (TPSA) is 53.6 Å². The zero-order valence-corrected chi connectivity index (χ0v) is 10.5. The van der Waals surface area contributed by atoms with Crippen LogP contribution in [-0.4, -0.2) is 15.2 Å². The van der Waals surface area contributed by atoms with Crippen LogP contribution in [0.5, 0.6) is 0 Å². The molecule has 2 rings (SSSR count). The van der Waals surface area contributed by atoms with E-state index in [-0.39, 0.29) is 18.2 Å². The Morgan fingerprint density at radius 3 is 2.70 bits per heavy atom. The van der Waals surface area contributed by atoms with Gasteiger partial charge in [-0.25, -0.2) is 9.37 Å². The van der Waals surface area contributed by atoms with Gasteiger partial charge in [0, 0.05) is 6.54 Å². The number of benzene rings is 1. The van der Waals surface area contributed by atoms with Crippen LogP contribution < -0.4 is 5.32 Å². The zero-order valence-electron chi connectivity index (χ0n) is 10.5. The first kappa shape index (κ1) is 14.4. The number of nitrogens with zero attached hydrogens (tertiary/aromatic N) is 2. The maximum Gasteiger partial charge on any atom is 0.416 e. The highest BCUT2D eigenvalue weighted by atomic mass is 19.4. The quantitative estimate of drug-likeness (QED) is 0.851. The molecule has 1 unspecified atom stereocenters. The minimum atomic E-state index is -4.59. The van der Waals surface area contributed by atoms with E-state index in [0.717, 1.165) is 12.1 Å². The summed E-state index contributed by atoms with van der Waals surface area (Å²) in [5.41, 5.74) is -1.000. The summed E-state index contributed by atoms with van der Waals surface area (Å²) in [5, 5.41) is 9.16. The smallest absolute Gasteiger partial charge is 0.303 e. The molecule has 1 atom stereocenters. The number of hydrogen-bond acceptors (Lipinski definition) is 3. The van der Waals surface area contributed by atoms with E-state index >= 15 is 0 Å². The minimum absolute atomic E-state index is 0.0229. The Morgan fingerprint density at radius 2 is 2.10 bits per heavy atom. The molecule has 0 spiro atoms. The second kappa shape index (κ2) is 5.58. The molecule has 108 valence electrons. The Bertz CT molecular complexity index is 565. The monoisotopic (exact) mass is 288 g/mol. The van der Waals surface area contributed by atoms with Crippen molar-refractivity contribution in [2.75, 3.05) is 0 Å². The predicted molar refractivity (Wildman–Crippen MR) is 63.0 cm³/mol. The molecule has 0 bridgehead atoms. The second-order valence-corrected chi connectivity index (χ2v) is 4.27. The Morgan fingerprint density at radius 1 is 1.35 bits per heavy atom. The highest BCUT2D eigenvalue weighted by Crippen LogP contribution is 2.32. The van der Waals surface area contributed by atoms with Crippen LogP contribution in [0, 0.1) is 5.82 Å². The molecule has 8 heteroatoms. The first-order chi connectivity index (χ1) is 9.38. The van der Waals surface area contributed by atoms with Crippen LogP contribution in [0.4, 0.5) is 17.6 Å². The maximum absolute atomic E-state index is 13.0. The summed E-state index contributed by atoms with van der Waals surface area (Å²) >= 11 is 0. The van der Waals surface area contributed by atoms with Crippen molar-refractivity contribution in [3.05, 3.63) is 47.3 Å². The Labute approximate surface area is 112 Å². The molecule has 0 aliphatic heterocycles. The van der Waals surface area contributed by atoms with Crippen LogP contribution >= 0.6 is 0 Å². The Hall–Kier alpha value is -1.96. The van der Waals surface area contributed by atoms with Gasteiger partial charge in [-0.2, -0.15) is 18.3 Å². The van der Waals surface area contributed by atoms with Gasteiger partial charge in [0.2, 0.25) is 0 Å². The van der Waals surface area contributed by atoms with E-state index in [1.165, 1.54) is 6.33 Å². The third kappa shape index (κ3) is 3.32. The zero-order chi connectivity index (χ0) is 14.8. The highest BCUT2D eigenvalue weighted by Gasteiger charge is 2.33. The van der Waals surface area contributed by atoms with E-state index in [1.807, 2.05) is 0 Å². The Kier molecular flexibility index (Phi) is 4.03. The molecule has 20 heavy (non-hydrogen) atoms. The van der Waals surface area contributed by atoms with Crippen molar-refractivity contribution >= 4 is 0 Å². The van der Waals surface area contributed by atoms with Crippen LogP contribution in [-0.2, 0) is 12.7 Å². The molecule has 1 aromatic carbocycles. The number of nitrogens with one attached hydrogen (secondary N) is 2. The van der Waals surface area contributed by atoms with Crippen LogP contribution in [0.15, 0.2) is 24.5 Å². The highest BCUT2D eigenvalue weighted by molar-refractivity contribution is 5.30. The molecular formula is C12H12F4N4. The van der Waals surface area contributed by atoms with Crippen molar-refractivity contribution in [1.29, 1.82) is 0 Å². The van der Waals surface area contributed by atoms with E-state index in [1.54, 1.807) is 6.92 Å². The van der Waals surface area contributed by atoms with Gasteiger partial charge in [0.15, 0.2) is 0 Å². The second-order valence-electron chi connectivity index (χ2n) is 4.27. The van der Waals surface area contributed by atoms with Gasteiger partial charge in [-0.3, -0.25) is 5.10 Å². The van der Waals surface area contributed by atoms with E-state index in [2.05, 4.69) is 20.5 Å². The molecule has 0 fully saturated rings. The predicted octanol–water partition coefficient (Wildman–Crippen LogP) is 2.81. The lowest BCUT2D eigenvalue weighted by Gasteiger charge is -2.15. The number of aromatic nitrogens is 3. The molecule has 2 aromatic rings. The van der Waals surface area contributed by atoms with Gasteiger partial charge in [0.1, 0.15) is 18.0 Å². The fourth-order valence-electron chi connectivity index (χ4n) is 1.75. The Balaban J connectivity index is 2.13. The lowest BCUT2D eigenvalue weighted by Crippen LogP contribution is -2.21. The third-order valence-electron chi connectivity index (χ3n) is 2.82. The largest absolute Gasteiger partial charge is 0.416 e. The molecule has 4 nitrogen and oxygen atoms in total. The normalized spacial score (nSPS) is 13.4. The fraction of sp³-hybridized carbons (Fsp3) is 0.333. The van der Waals surface area contributed by atoms with Crippen LogP contribution in [0.25, 0.3) is 0 Å². The first-order valence-corrected chi connectivity index (χ1v) is 5.82. The minimum Gasteiger partial charge on any atom is -0.303 e. The lowest BCUT2D eigenvalue weighted by atomic mass is 10.1. The van der Waals surface area contributed by atoms with Gasteiger partial charge in [0.25, 0.3) is 0 Å². The fourth-order valence-corrected chi connectivity index (χ4v) is 1.75. The van der Waals surface area contributed by atoms with Crippen LogP contribution in [0.1, 0.15) is 29.9 Å². The summed E-state index contributed by atoms with van der Waals surface area (Å²) < 4.78 is 51.4. The van der Waals surface area contributed by atoms with Crippen molar-refractivity contribution < 1.29 is 17.6 Å². The average Bonchev–Trinajstić information content (AvgIpc) is 2.89. The van der Waals surface area contributed by atoms with Gasteiger partial charge in [-0.1, -0.05) is 6.07 Å². The molecule has 2 N–H and O–H groups in total. The molecule has 0 aliphatic carbocycles. The number of aromatic amines is 1. The van der Waals surface area contributed by atoms with Gasteiger partial charge in [-0.05, 0) is 24.6 Å². The molecule has 0 radical (unpaired) electrons. The number of H-pyrrole nitrogens is 1. The van der Waals surface area contributed by atoms with Gasteiger partial charge in [-0.15, -0.1) is 0 Å². The average molecular weight is 288 g/mol. The molecular weight excluding hydrogens is 276 g/mol. The van der Waals surface area contributed by atoms with Crippen LogP contribution in [0.3, 0.4) is 0 Å². The van der Waals surface area contributed by atoms with Crippen molar-refractivity contribution in [2.45, 2.75) is 25.7 Å². The van der Waals surface area contributed by atoms with Crippen LogP contribution in [0.2, 0.25) is 0 Å². The maximum atomic E-state index is 13.0. The lowest BCUT2D eigenvalue weighted by molar-refractivity contribution is -0.138. The summed E-state index contributed by atoms with van der Waals surface area (Å²) in [4.78, 5) is 3.90. The number of halogens is 4. The van der Waals surface area contributed by atoms with E-state index in [0.29, 0.717) is 11.9 Å². The summed E-state index contributed by atoms with van der Waals surface area (Å²) in [5.74, 6) is -0.398. The standard InChI is InChI=1S/C12H12F4N4/c1-7(11-18-6-19-20-11)17-5-8-2-3-9(13)4-10(8)12(14,15)16/h2-4,6-7,17H,5H2,1H3,(H,18,19,20). The van der Waals surface area contributed by atoms with Crippen molar-refractivity contribution in [1.82, 2.24) is 20.5 Å². The van der Waals surface area contributed by atoms with Gasteiger partial charge in [0.05, 0.1) is 11.6 Å². The molecule has 0 saturated heterocycles. The first-order valence-electron chi connectivity index (χ1n) is 5.82. The van der Waals surface area contributed by atoms with E-state index < -0.39 is 17.6 Å². The number of alkyl halides is 3.